The number of ether oxygens (including phenoxy) is 1. The van der Waals surface area contributed by atoms with Crippen LogP contribution in [0.1, 0.15) is 48.3 Å². The number of nitrogens with one attached hydrogen (secondary N) is 1. The van der Waals surface area contributed by atoms with Crippen LogP contribution in [0, 0.1) is 0 Å². The zero-order valence-corrected chi connectivity index (χ0v) is 19.9. The fourth-order valence-corrected chi connectivity index (χ4v) is 5.18. The number of amides is 1. The Morgan fingerprint density at radius 2 is 2.18 bits per heavy atom. The molecule has 1 saturated heterocycles. The molecule has 1 amide bonds. The van der Waals surface area contributed by atoms with E-state index in [9.17, 15) is 4.79 Å². The maximum Gasteiger partial charge on any atom is 0.270 e. The van der Waals surface area contributed by atoms with Gasteiger partial charge in [0, 0.05) is 43.0 Å². The van der Waals surface area contributed by atoms with E-state index in [4.69, 9.17) is 4.74 Å². The number of aryl methyl sites for hydroxylation is 1. The first-order valence-corrected chi connectivity index (χ1v) is 12.0. The van der Waals surface area contributed by atoms with Gasteiger partial charge in [0.2, 0.25) is 0 Å². The van der Waals surface area contributed by atoms with Crippen molar-refractivity contribution in [3.8, 4) is 11.3 Å². The van der Waals surface area contributed by atoms with Crippen molar-refractivity contribution in [1.82, 2.24) is 25.1 Å². The topological polar surface area (TPSA) is 81.9 Å². The van der Waals surface area contributed by atoms with Crippen molar-refractivity contribution in [3.05, 3.63) is 65.1 Å². The van der Waals surface area contributed by atoms with Crippen LogP contribution >= 0.6 is 11.3 Å². The number of rotatable bonds is 5. The number of hydrogen-bond acceptors (Lipinski definition) is 6. The van der Waals surface area contributed by atoms with Crippen molar-refractivity contribution < 1.29 is 9.53 Å². The summed E-state index contributed by atoms with van der Waals surface area (Å²) in [4.78, 5) is 23.2. The van der Waals surface area contributed by atoms with Crippen LogP contribution in [0.15, 0.2) is 48.2 Å². The number of hydrogen-bond donors (Lipinski definition) is 1. The van der Waals surface area contributed by atoms with E-state index in [2.05, 4.69) is 46.4 Å². The summed E-state index contributed by atoms with van der Waals surface area (Å²) < 4.78 is 7.54. The van der Waals surface area contributed by atoms with Gasteiger partial charge < -0.3 is 10.1 Å². The van der Waals surface area contributed by atoms with Crippen LogP contribution in [-0.2, 0) is 18.2 Å². The summed E-state index contributed by atoms with van der Waals surface area (Å²) in [5.41, 5.74) is 4.28. The molecule has 170 valence electrons. The summed E-state index contributed by atoms with van der Waals surface area (Å²) in [6.45, 7) is 4.78. The van der Waals surface area contributed by atoms with Crippen molar-refractivity contribution >= 4 is 27.5 Å². The molecule has 0 saturated carbocycles. The standard InChI is InChI=1S/C25H27N5O2S/c1-25(2)12-19(6-8-32-25)28-23(31)22-11-17(20-7-9-33-24(20)29-22)10-16-4-5-21(26-13-16)18-14-27-30(3)15-18/h4-5,7,9,11,13-15,19H,6,8,10,12H2,1-3H3,(H,28,31). The van der Waals surface area contributed by atoms with Crippen molar-refractivity contribution in [3.63, 3.8) is 0 Å². The first-order chi connectivity index (χ1) is 15.9. The van der Waals surface area contributed by atoms with Crippen LogP contribution in [-0.4, -0.2) is 43.9 Å². The zero-order chi connectivity index (χ0) is 23.0. The van der Waals surface area contributed by atoms with Crippen LogP contribution in [0.2, 0.25) is 0 Å². The maximum atomic E-state index is 13.1. The molecule has 1 atom stereocenters. The molecule has 0 aromatic carbocycles. The Kier molecular flexibility index (Phi) is 5.72. The highest BCUT2D eigenvalue weighted by molar-refractivity contribution is 7.16. The molecule has 1 N–H and O–H groups in total. The van der Waals surface area contributed by atoms with E-state index in [1.54, 1.807) is 16.0 Å². The molecule has 1 aliphatic rings. The Morgan fingerprint density at radius 3 is 2.91 bits per heavy atom. The normalized spacial score (nSPS) is 17.8. The number of thiophene rings is 1. The highest BCUT2D eigenvalue weighted by atomic mass is 32.1. The summed E-state index contributed by atoms with van der Waals surface area (Å²) in [6.07, 6.45) is 7.94. The van der Waals surface area contributed by atoms with Crippen molar-refractivity contribution in [2.75, 3.05) is 6.61 Å². The van der Waals surface area contributed by atoms with Gasteiger partial charge in [-0.25, -0.2) is 4.98 Å². The lowest BCUT2D eigenvalue weighted by Crippen LogP contribution is -2.46. The third kappa shape index (κ3) is 4.82. The monoisotopic (exact) mass is 461 g/mol. The Hall–Kier alpha value is -3.10. The molecule has 0 bridgehead atoms. The number of nitrogens with zero attached hydrogens (tertiary/aromatic N) is 4. The third-order valence-corrected chi connectivity index (χ3v) is 6.82. The average Bonchev–Trinajstić information content (AvgIpc) is 3.42. The summed E-state index contributed by atoms with van der Waals surface area (Å²) in [6, 6.07) is 8.18. The summed E-state index contributed by atoms with van der Waals surface area (Å²) >= 11 is 1.56. The van der Waals surface area contributed by atoms with Crippen LogP contribution in [0.4, 0.5) is 0 Å². The Balaban J connectivity index is 1.37. The molecule has 5 rings (SSSR count). The second kappa shape index (κ2) is 8.68. The van der Waals surface area contributed by atoms with Crippen LogP contribution in [0.25, 0.3) is 21.5 Å². The molecule has 1 fully saturated rings. The minimum Gasteiger partial charge on any atom is -0.375 e. The van der Waals surface area contributed by atoms with Crippen LogP contribution < -0.4 is 5.32 Å². The molecule has 1 aliphatic heterocycles. The van der Waals surface area contributed by atoms with Gasteiger partial charge in [0.25, 0.3) is 5.91 Å². The Bertz CT molecular complexity index is 1290. The average molecular weight is 462 g/mol. The van der Waals surface area contributed by atoms with E-state index in [1.165, 1.54) is 0 Å². The highest BCUT2D eigenvalue weighted by Gasteiger charge is 2.30. The molecule has 8 heteroatoms. The van der Waals surface area contributed by atoms with Gasteiger partial charge in [-0.2, -0.15) is 5.10 Å². The molecule has 33 heavy (non-hydrogen) atoms. The molecule has 4 aromatic rings. The quantitative estimate of drug-likeness (QED) is 0.477. The van der Waals surface area contributed by atoms with Gasteiger partial charge in [-0.1, -0.05) is 6.07 Å². The summed E-state index contributed by atoms with van der Waals surface area (Å²) in [5, 5.41) is 10.5. The van der Waals surface area contributed by atoms with Gasteiger partial charge in [-0.05, 0) is 67.8 Å². The Labute approximate surface area is 196 Å². The SMILES string of the molecule is Cn1cc(-c2ccc(Cc3cc(C(=O)NC4CCOC(C)(C)C4)nc4sccc34)cn2)cn1. The molecule has 0 radical (unpaired) electrons. The van der Waals surface area contributed by atoms with E-state index < -0.39 is 0 Å². The Morgan fingerprint density at radius 1 is 1.30 bits per heavy atom. The predicted octanol–water partition coefficient (Wildman–Crippen LogP) is 4.37. The molecule has 0 spiro atoms. The predicted molar refractivity (Wildman–Crippen MR) is 129 cm³/mol. The smallest absolute Gasteiger partial charge is 0.270 e. The first kappa shape index (κ1) is 21.7. The summed E-state index contributed by atoms with van der Waals surface area (Å²) in [7, 11) is 1.89. The lowest BCUT2D eigenvalue weighted by Gasteiger charge is -2.35. The molecule has 4 aromatic heterocycles. The second-order valence-corrected chi connectivity index (χ2v) is 10.1. The highest BCUT2D eigenvalue weighted by Crippen LogP contribution is 2.27. The lowest BCUT2D eigenvalue weighted by molar-refractivity contribution is -0.0615. The number of aromatic nitrogens is 4. The van der Waals surface area contributed by atoms with Gasteiger partial charge >= 0.3 is 0 Å². The fraction of sp³-hybridized carbons (Fsp3) is 0.360. The second-order valence-electron chi connectivity index (χ2n) is 9.21. The lowest BCUT2D eigenvalue weighted by atomic mass is 9.94. The van der Waals surface area contributed by atoms with E-state index in [0.717, 1.165) is 45.4 Å². The van der Waals surface area contributed by atoms with Crippen LogP contribution in [0.5, 0.6) is 0 Å². The zero-order valence-electron chi connectivity index (χ0n) is 19.0. The maximum absolute atomic E-state index is 13.1. The van der Waals surface area contributed by atoms with Crippen molar-refractivity contribution in [2.45, 2.75) is 44.8 Å². The third-order valence-electron chi connectivity index (χ3n) is 6.01. The van der Waals surface area contributed by atoms with Gasteiger partial charge in [0.05, 0.1) is 17.5 Å². The van der Waals surface area contributed by atoms with Gasteiger partial charge in [0.1, 0.15) is 10.5 Å². The molecular formula is C25H27N5O2S. The van der Waals surface area contributed by atoms with E-state index in [-0.39, 0.29) is 17.6 Å². The molecule has 1 unspecified atom stereocenters. The van der Waals surface area contributed by atoms with Crippen molar-refractivity contribution in [1.29, 1.82) is 0 Å². The number of carbonyl (C=O) groups is 1. The van der Waals surface area contributed by atoms with Gasteiger partial charge in [0.15, 0.2) is 0 Å². The molecule has 5 heterocycles. The first-order valence-electron chi connectivity index (χ1n) is 11.1. The minimum atomic E-state index is -0.221. The van der Waals surface area contributed by atoms with E-state index in [0.29, 0.717) is 18.7 Å². The van der Waals surface area contributed by atoms with Crippen molar-refractivity contribution in [2.24, 2.45) is 7.05 Å². The minimum absolute atomic E-state index is 0.0924. The van der Waals surface area contributed by atoms with Crippen LogP contribution in [0.3, 0.4) is 0 Å². The van der Waals surface area contributed by atoms with E-state index >= 15 is 0 Å². The molecule has 0 aliphatic carbocycles. The van der Waals surface area contributed by atoms with Gasteiger partial charge in [-0.3, -0.25) is 14.5 Å². The summed E-state index contributed by atoms with van der Waals surface area (Å²) in [5.74, 6) is -0.126. The van der Waals surface area contributed by atoms with Gasteiger partial charge in [-0.15, -0.1) is 11.3 Å². The largest absolute Gasteiger partial charge is 0.375 e. The van der Waals surface area contributed by atoms with E-state index in [1.807, 2.05) is 43.2 Å². The fourth-order valence-electron chi connectivity index (χ4n) is 4.37. The molecular weight excluding hydrogens is 434 g/mol. The number of pyridine rings is 2. The number of fused-ring (bicyclic) bond motifs is 1. The molecule has 7 nitrogen and oxygen atoms in total. The number of carbonyl (C=O) groups excluding carboxylic acids is 1.